The Morgan fingerprint density at radius 3 is 2.19 bits per heavy atom. The molecule has 0 bridgehead atoms. The zero-order valence-corrected chi connectivity index (χ0v) is 19.5. The van der Waals surface area contributed by atoms with Crippen molar-refractivity contribution in [2.75, 3.05) is 20.3 Å². The van der Waals surface area contributed by atoms with E-state index in [1.165, 1.54) is 35.4 Å². The molecule has 0 N–H and O–H groups in total. The van der Waals surface area contributed by atoms with Gasteiger partial charge in [-0.15, -0.1) is 0 Å². The quantitative estimate of drug-likeness (QED) is 0.383. The highest BCUT2D eigenvalue weighted by molar-refractivity contribution is 6.13. The van der Waals surface area contributed by atoms with Gasteiger partial charge < -0.3 is 9.80 Å². The number of carbonyl (C=O) groups excluding carboxylic acids is 4. The van der Waals surface area contributed by atoms with Crippen LogP contribution in [0.15, 0.2) is 60.2 Å². The Kier molecular flexibility index (Phi) is 13.1. The average molecular weight is 427 g/mol. The normalized spacial score (nSPS) is 13.2. The Morgan fingerprint density at radius 1 is 1.16 bits per heavy atom. The molecule has 6 heteroatoms. The van der Waals surface area contributed by atoms with Gasteiger partial charge in [-0.2, -0.15) is 0 Å². The first-order chi connectivity index (χ1) is 14.9. The van der Waals surface area contributed by atoms with Crippen LogP contribution in [0.3, 0.4) is 0 Å². The summed E-state index contributed by atoms with van der Waals surface area (Å²) in [4.78, 5) is 51.3. The Balaban J connectivity index is 0.00000165. The van der Waals surface area contributed by atoms with Crippen molar-refractivity contribution in [1.82, 2.24) is 9.80 Å². The van der Waals surface area contributed by atoms with Crippen LogP contribution in [0, 0.1) is 0 Å². The maximum Gasteiger partial charge on any atom is 0.256 e. The van der Waals surface area contributed by atoms with Gasteiger partial charge >= 0.3 is 0 Å². The second-order valence-electron chi connectivity index (χ2n) is 6.51. The van der Waals surface area contributed by atoms with Crippen molar-refractivity contribution < 1.29 is 19.2 Å². The zero-order valence-electron chi connectivity index (χ0n) is 19.5. The first kappa shape index (κ1) is 27.7. The largest absolute Gasteiger partial charge is 0.324 e. The van der Waals surface area contributed by atoms with Gasteiger partial charge in [0.05, 0.1) is 18.8 Å². The van der Waals surface area contributed by atoms with Gasteiger partial charge in [-0.3, -0.25) is 19.2 Å². The van der Waals surface area contributed by atoms with Gasteiger partial charge in [0.1, 0.15) is 0 Å². The number of rotatable bonds is 6. The van der Waals surface area contributed by atoms with Crippen molar-refractivity contribution >= 4 is 23.9 Å². The molecule has 1 aliphatic rings. The zero-order chi connectivity index (χ0) is 24.0. The summed E-state index contributed by atoms with van der Waals surface area (Å²) >= 11 is 0. The minimum Gasteiger partial charge on any atom is -0.324 e. The summed E-state index contributed by atoms with van der Waals surface area (Å²) in [5, 5.41) is 0. The molecule has 6 nitrogen and oxygen atoms in total. The SMILES string of the molecule is C=C/C(C(=O)N(C)CN1CC(=O)c2ccccc2C1=O)=C(C=O)\C=C/C.CC.CCC. The van der Waals surface area contributed by atoms with Crippen LogP contribution >= 0.6 is 0 Å². The highest BCUT2D eigenvalue weighted by Gasteiger charge is 2.31. The minimum atomic E-state index is -0.459. The number of hydrogen-bond donors (Lipinski definition) is 0. The first-order valence-electron chi connectivity index (χ1n) is 10.5. The summed E-state index contributed by atoms with van der Waals surface area (Å²) in [6.07, 6.45) is 6.29. The fraction of sp³-hybridized carbons (Fsp3) is 0.360. The standard InChI is InChI=1S/C20H20N2O4.C3H8.C2H6/c1-4-8-14(12-23)15(5-2)19(25)21(3)13-22-11-18(24)16-9-6-7-10-17(16)20(22)26;1-3-2;1-2/h4-10,12H,2,11,13H2,1,3H3;3H2,1-2H3;1-2H3/b8-4-,15-14-;;. The molecule has 2 rings (SSSR count). The van der Waals surface area contributed by atoms with Gasteiger partial charge in [-0.25, -0.2) is 0 Å². The van der Waals surface area contributed by atoms with Crippen molar-refractivity contribution in [3.05, 3.63) is 71.3 Å². The molecule has 0 saturated heterocycles. The third-order valence-electron chi connectivity index (χ3n) is 4.03. The smallest absolute Gasteiger partial charge is 0.256 e. The lowest BCUT2D eigenvalue weighted by atomic mass is 9.98. The van der Waals surface area contributed by atoms with E-state index in [0.717, 1.165) is 0 Å². The molecule has 1 aromatic rings. The topological polar surface area (TPSA) is 74.8 Å². The van der Waals surface area contributed by atoms with E-state index < -0.39 is 5.91 Å². The molecule has 0 fully saturated rings. The first-order valence-corrected chi connectivity index (χ1v) is 10.5. The number of Topliss-reactive ketones (excluding diaryl/α,β-unsaturated/α-hetero) is 1. The van der Waals surface area contributed by atoms with Crippen LogP contribution in [-0.2, 0) is 9.59 Å². The van der Waals surface area contributed by atoms with E-state index in [-0.39, 0.29) is 36.1 Å². The van der Waals surface area contributed by atoms with Crippen LogP contribution < -0.4 is 0 Å². The maximum absolute atomic E-state index is 12.6. The van der Waals surface area contributed by atoms with Crippen molar-refractivity contribution in [2.45, 2.75) is 41.0 Å². The van der Waals surface area contributed by atoms with E-state index in [1.807, 2.05) is 13.8 Å². The van der Waals surface area contributed by atoms with Crippen molar-refractivity contribution in [3.63, 3.8) is 0 Å². The molecule has 0 aromatic heterocycles. The number of ketones is 1. The van der Waals surface area contributed by atoms with Crippen molar-refractivity contribution in [3.8, 4) is 0 Å². The predicted molar refractivity (Wildman–Crippen MR) is 125 cm³/mol. The molecule has 31 heavy (non-hydrogen) atoms. The monoisotopic (exact) mass is 426 g/mol. The van der Waals surface area contributed by atoms with Gasteiger partial charge in [0.15, 0.2) is 12.1 Å². The highest BCUT2D eigenvalue weighted by Crippen LogP contribution is 2.19. The molecule has 1 aliphatic heterocycles. The number of allylic oxidation sites excluding steroid dienone is 3. The molecular formula is C25H34N2O4. The lowest BCUT2D eigenvalue weighted by Crippen LogP contribution is -2.48. The lowest BCUT2D eigenvalue weighted by Gasteiger charge is -2.31. The highest BCUT2D eigenvalue weighted by atomic mass is 16.2. The van der Waals surface area contributed by atoms with E-state index in [9.17, 15) is 19.2 Å². The van der Waals surface area contributed by atoms with Gasteiger partial charge in [0.25, 0.3) is 11.8 Å². The van der Waals surface area contributed by atoms with Crippen molar-refractivity contribution in [2.24, 2.45) is 0 Å². The third-order valence-corrected chi connectivity index (χ3v) is 4.03. The van der Waals surface area contributed by atoms with Gasteiger partial charge in [0.2, 0.25) is 0 Å². The molecule has 168 valence electrons. The molecule has 0 saturated carbocycles. The Morgan fingerprint density at radius 2 is 1.71 bits per heavy atom. The second-order valence-corrected chi connectivity index (χ2v) is 6.51. The van der Waals surface area contributed by atoms with E-state index in [2.05, 4.69) is 20.4 Å². The van der Waals surface area contributed by atoms with Gasteiger partial charge in [-0.1, -0.05) is 77.1 Å². The Labute approximate surface area is 185 Å². The number of carbonyl (C=O) groups is 4. The minimum absolute atomic E-state index is 0.0724. The van der Waals surface area contributed by atoms with E-state index >= 15 is 0 Å². The number of likely N-dealkylation sites (N-methyl/N-ethyl adjacent to an activating group) is 1. The predicted octanol–water partition coefficient (Wildman–Crippen LogP) is 4.44. The molecule has 2 amide bonds. The second kappa shape index (κ2) is 14.7. The number of amides is 2. The molecular weight excluding hydrogens is 392 g/mol. The summed E-state index contributed by atoms with van der Waals surface area (Å²) in [7, 11) is 1.50. The van der Waals surface area contributed by atoms with Gasteiger partial charge in [-0.05, 0) is 13.0 Å². The maximum atomic E-state index is 12.6. The number of nitrogens with zero attached hydrogens (tertiary/aromatic N) is 2. The Bertz CT molecular complexity index is 853. The van der Waals surface area contributed by atoms with Crippen LogP contribution in [-0.4, -0.2) is 53.9 Å². The number of hydrogen-bond acceptors (Lipinski definition) is 4. The van der Waals surface area contributed by atoms with E-state index in [4.69, 9.17) is 0 Å². The summed E-state index contributed by atoms with van der Waals surface area (Å²) < 4.78 is 0. The van der Waals surface area contributed by atoms with Gasteiger partial charge in [0, 0.05) is 23.8 Å². The fourth-order valence-corrected chi connectivity index (χ4v) is 2.75. The van der Waals surface area contributed by atoms with E-state index in [0.29, 0.717) is 17.4 Å². The van der Waals surface area contributed by atoms with Crippen LogP contribution in [0.2, 0.25) is 0 Å². The van der Waals surface area contributed by atoms with Crippen LogP contribution in [0.1, 0.15) is 61.8 Å². The lowest BCUT2D eigenvalue weighted by molar-refractivity contribution is -0.127. The Hall–Kier alpha value is -3.28. The molecule has 0 radical (unpaired) electrons. The van der Waals surface area contributed by atoms with Crippen LogP contribution in [0.25, 0.3) is 0 Å². The average Bonchev–Trinajstić information content (AvgIpc) is 2.78. The number of aldehydes is 1. The number of benzene rings is 1. The summed E-state index contributed by atoms with van der Waals surface area (Å²) in [6.45, 7) is 13.4. The summed E-state index contributed by atoms with van der Waals surface area (Å²) in [5.41, 5.74) is 1.06. The van der Waals surface area contributed by atoms with Crippen LogP contribution in [0.4, 0.5) is 0 Å². The molecule has 0 atom stereocenters. The molecule has 0 spiro atoms. The number of fused-ring (bicyclic) bond motifs is 1. The molecule has 0 unspecified atom stereocenters. The summed E-state index contributed by atoms with van der Waals surface area (Å²) in [5.74, 6) is -0.949. The summed E-state index contributed by atoms with van der Waals surface area (Å²) in [6, 6.07) is 6.61. The molecule has 1 heterocycles. The molecule has 0 aliphatic carbocycles. The van der Waals surface area contributed by atoms with Crippen molar-refractivity contribution in [1.29, 1.82) is 0 Å². The van der Waals surface area contributed by atoms with Crippen LogP contribution in [0.5, 0.6) is 0 Å². The van der Waals surface area contributed by atoms with E-state index in [1.54, 1.807) is 37.3 Å². The third kappa shape index (κ3) is 7.48. The fourth-order valence-electron chi connectivity index (χ4n) is 2.75. The molecule has 1 aromatic carbocycles.